The maximum atomic E-state index is 4.78. The average Bonchev–Trinajstić information content (AvgIpc) is 3.23. The van der Waals surface area contributed by atoms with Crippen molar-refractivity contribution in [2.45, 2.75) is 83.3 Å². The van der Waals surface area contributed by atoms with E-state index in [9.17, 15) is 0 Å². The van der Waals surface area contributed by atoms with Crippen LogP contribution in [0.5, 0.6) is 0 Å². The van der Waals surface area contributed by atoms with E-state index in [1.165, 1.54) is 58.0 Å². The minimum absolute atomic E-state index is 0.555. The summed E-state index contributed by atoms with van der Waals surface area (Å²) in [7, 11) is 0. The van der Waals surface area contributed by atoms with E-state index in [0.29, 0.717) is 6.04 Å². The summed E-state index contributed by atoms with van der Waals surface area (Å²) in [6.45, 7) is 7.34. The van der Waals surface area contributed by atoms with Crippen molar-refractivity contribution in [1.29, 1.82) is 0 Å². The Kier molecular flexibility index (Phi) is 8.39. The predicted octanol–water partition coefficient (Wildman–Crippen LogP) is 2.41. The van der Waals surface area contributed by atoms with Crippen molar-refractivity contribution in [3.05, 3.63) is 12.7 Å². The quantitative estimate of drug-likeness (QED) is 0.415. The summed E-state index contributed by atoms with van der Waals surface area (Å²) in [5, 5.41) is 14.8. The molecule has 2 aliphatic rings. The zero-order valence-corrected chi connectivity index (χ0v) is 16.9. The van der Waals surface area contributed by atoms with Crippen LogP contribution in [0.15, 0.2) is 17.6 Å². The van der Waals surface area contributed by atoms with Crippen molar-refractivity contribution in [3.8, 4) is 0 Å². The Bertz CT molecular complexity index is 529. The lowest BCUT2D eigenvalue weighted by atomic mass is 9.92. The molecule has 0 aromatic carbocycles. The first-order valence-corrected chi connectivity index (χ1v) is 11.0. The van der Waals surface area contributed by atoms with E-state index < -0.39 is 0 Å². The monoisotopic (exact) mass is 375 g/mol. The number of unbranched alkanes of at least 4 members (excludes halogenated alkanes) is 1. The lowest BCUT2D eigenvalue weighted by molar-refractivity contribution is 0.119. The average molecular weight is 376 g/mol. The number of nitrogens with one attached hydrogen (secondary N) is 2. The van der Waals surface area contributed by atoms with Crippen LogP contribution in [0, 0.1) is 0 Å². The Labute approximate surface area is 164 Å². The molecular formula is C20H37N7. The molecule has 0 bridgehead atoms. The van der Waals surface area contributed by atoms with E-state index in [1.54, 1.807) is 12.7 Å². The third kappa shape index (κ3) is 6.79. The van der Waals surface area contributed by atoms with Gasteiger partial charge in [0.1, 0.15) is 12.7 Å². The van der Waals surface area contributed by atoms with Gasteiger partial charge < -0.3 is 20.1 Å². The topological polar surface area (TPSA) is 70.4 Å². The minimum Gasteiger partial charge on any atom is -0.357 e. The second kappa shape index (κ2) is 11.3. The van der Waals surface area contributed by atoms with Crippen molar-refractivity contribution < 1.29 is 0 Å². The second-order valence-electron chi connectivity index (χ2n) is 7.91. The fourth-order valence-corrected chi connectivity index (χ4v) is 4.30. The molecule has 1 aromatic heterocycles. The van der Waals surface area contributed by atoms with Gasteiger partial charge in [-0.1, -0.05) is 19.3 Å². The maximum Gasteiger partial charge on any atom is 0.191 e. The molecule has 1 aromatic rings. The number of guanidine groups is 1. The van der Waals surface area contributed by atoms with Crippen molar-refractivity contribution in [1.82, 2.24) is 30.3 Å². The molecule has 7 nitrogen and oxygen atoms in total. The van der Waals surface area contributed by atoms with Crippen LogP contribution in [-0.4, -0.2) is 63.9 Å². The van der Waals surface area contributed by atoms with Gasteiger partial charge in [-0.2, -0.15) is 0 Å². The molecular weight excluding hydrogens is 338 g/mol. The zero-order chi connectivity index (χ0) is 18.7. The van der Waals surface area contributed by atoms with Crippen LogP contribution in [0.1, 0.15) is 64.7 Å². The normalized spacial score (nSPS) is 20.7. The number of hydrogen-bond donors (Lipinski definition) is 2. The number of piperidine rings is 1. The number of hydrogen-bond acceptors (Lipinski definition) is 4. The standard InChI is InChI=1S/C20H37N7/c1-2-21-20(22-12-6-7-13-26-16-23-24-17-26)25-18-10-14-27(15-11-18)19-8-4-3-5-9-19/h16-19H,2-15H2,1H3,(H2,21,22,25). The van der Waals surface area contributed by atoms with Gasteiger partial charge in [0.2, 0.25) is 0 Å². The molecule has 1 saturated carbocycles. The molecule has 1 saturated heterocycles. The smallest absolute Gasteiger partial charge is 0.191 e. The highest BCUT2D eigenvalue weighted by atomic mass is 15.2. The molecule has 1 aliphatic carbocycles. The van der Waals surface area contributed by atoms with Crippen LogP contribution < -0.4 is 10.6 Å². The van der Waals surface area contributed by atoms with Crippen LogP contribution in [0.3, 0.4) is 0 Å². The summed E-state index contributed by atoms with van der Waals surface area (Å²) in [5.41, 5.74) is 0. The highest BCUT2D eigenvalue weighted by Crippen LogP contribution is 2.25. The van der Waals surface area contributed by atoms with Gasteiger partial charge in [0.05, 0.1) is 0 Å². The van der Waals surface area contributed by atoms with Gasteiger partial charge in [-0.3, -0.25) is 4.99 Å². The zero-order valence-electron chi connectivity index (χ0n) is 16.9. The molecule has 0 atom stereocenters. The lowest BCUT2D eigenvalue weighted by Crippen LogP contribution is -2.51. The van der Waals surface area contributed by atoms with Gasteiger partial charge in [-0.25, -0.2) is 0 Å². The highest BCUT2D eigenvalue weighted by Gasteiger charge is 2.26. The Morgan fingerprint density at radius 2 is 1.78 bits per heavy atom. The summed E-state index contributed by atoms with van der Waals surface area (Å²) >= 11 is 0. The van der Waals surface area contributed by atoms with Gasteiger partial charge in [-0.15, -0.1) is 10.2 Å². The van der Waals surface area contributed by atoms with E-state index in [2.05, 4.69) is 32.7 Å². The van der Waals surface area contributed by atoms with Gasteiger partial charge in [0.25, 0.3) is 0 Å². The second-order valence-corrected chi connectivity index (χ2v) is 7.91. The molecule has 7 heteroatoms. The number of aromatic nitrogens is 3. The molecule has 0 radical (unpaired) electrons. The number of rotatable bonds is 8. The molecule has 2 fully saturated rings. The van der Waals surface area contributed by atoms with Crippen molar-refractivity contribution in [2.75, 3.05) is 26.2 Å². The third-order valence-corrected chi connectivity index (χ3v) is 5.87. The van der Waals surface area contributed by atoms with E-state index in [1.807, 2.05) is 4.57 Å². The maximum absolute atomic E-state index is 4.78. The first-order valence-electron chi connectivity index (χ1n) is 11.0. The highest BCUT2D eigenvalue weighted by molar-refractivity contribution is 5.80. The number of likely N-dealkylation sites (tertiary alicyclic amines) is 1. The van der Waals surface area contributed by atoms with Gasteiger partial charge in [-0.05, 0) is 45.4 Å². The van der Waals surface area contributed by atoms with E-state index in [-0.39, 0.29) is 0 Å². The predicted molar refractivity (Wildman–Crippen MR) is 110 cm³/mol. The molecule has 0 unspecified atom stereocenters. The lowest BCUT2D eigenvalue weighted by Gasteiger charge is -2.39. The molecule has 152 valence electrons. The summed E-state index contributed by atoms with van der Waals surface area (Å²) < 4.78 is 2.02. The number of aliphatic imine (C=N–C) groups is 1. The Hall–Kier alpha value is -1.63. The van der Waals surface area contributed by atoms with Gasteiger partial charge >= 0.3 is 0 Å². The summed E-state index contributed by atoms with van der Waals surface area (Å²) in [5.74, 6) is 0.984. The van der Waals surface area contributed by atoms with Crippen LogP contribution in [0.25, 0.3) is 0 Å². The Morgan fingerprint density at radius 3 is 2.48 bits per heavy atom. The van der Waals surface area contributed by atoms with Gasteiger partial charge in [0.15, 0.2) is 5.96 Å². The molecule has 3 rings (SSSR count). The van der Waals surface area contributed by atoms with Crippen molar-refractivity contribution in [2.24, 2.45) is 4.99 Å². The molecule has 27 heavy (non-hydrogen) atoms. The molecule has 2 N–H and O–H groups in total. The minimum atomic E-state index is 0.555. The molecule has 1 aliphatic heterocycles. The van der Waals surface area contributed by atoms with E-state index in [0.717, 1.165) is 44.5 Å². The van der Waals surface area contributed by atoms with Crippen molar-refractivity contribution in [3.63, 3.8) is 0 Å². The number of nitrogens with zero attached hydrogens (tertiary/aromatic N) is 5. The Morgan fingerprint density at radius 1 is 1.04 bits per heavy atom. The third-order valence-electron chi connectivity index (χ3n) is 5.87. The first kappa shape index (κ1) is 20.1. The van der Waals surface area contributed by atoms with E-state index >= 15 is 0 Å². The van der Waals surface area contributed by atoms with Gasteiger partial charge in [0, 0.05) is 44.8 Å². The molecule has 0 amide bonds. The fraction of sp³-hybridized carbons (Fsp3) is 0.850. The molecule has 2 heterocycles. The molecule has 0 spiro atoms. The van der Waals surface area contributed by atoms with Crippen LogP contribution >= 0.6 is 0 Å². The Balaban J connectivity index is 1.35. The van der Waals surface area contributed by atoms with Crippen LogP contribution in [0.4, 0.5) is 0 Å². The number of aryl methyl sites for hydroxylation is 1. The largest absolute Gasteiger partial charge is 0.357 e. The SMILES string of the molecule is CCNC(=NCCCCn1cnnc1)NC1CCN(C2CCCCC2)CC1. The summed E-state index contributed by atoms with van der Waals surface area (Å²) in [6.07, 6.45) is 15.3. The van der Waals surface area contributed by atoms with Crippen LogP contribution in [0.2, 0.25) is 0 Å². The summed E-state index contributed by atoms with van der Waals surface area (Å²) in [4.78, 5) is 7.52. The fourth-order valence-electron chi connectivity index (χ4n) is 4.30. The van der Waals surface area contributed by atoms with Crippen LogP contribution in [-0.2, 0) is 6.54 Å². The first-order chi connectivity index (χ1) is 13.3. The van der Waals surface area contributed by atoms with E-state index in [4.69, 9.17) is 4.99 Å². The van der Waals surface area contributed by atoms with Crippen molar-refractivity contribution >= 4 is 5.96 Å². The summed E-state index contributed by atoms with van der Waals surface area (Å²) in [6, 6.07) is 1.41.